The maximum atomic E-state index is 5.84. The van der Waals surface area contributed by atoms with Crippen LogP contribution in [0, 0.1) is 6.92 Å². The third kappa shape index (κ3) is 3.61. The Balaban J connectivity index is 2.04. The van der Waals surface area contributed by atoms with Gasteiger partial charge < -0.3 is 14.0 Å². The largest absolute Gasteiger partial charge is 0.487 e. The second-order valence-electron chi connectivity index (χ2n) is 5.19. The maximum absolute atomic E-state index is 5.84. The average Bonchev–Trinajstić information content (AvgIpc) is 2.86. The number of hydrogen-bond donors (Lipinski definition) is 0. The van der Waals surface area contributed by atoms with Gasteiger partial charge in [-0.05, 0) is 30.0 Å². The van der Waals surface area contributed by atoms with E-state index < -0.39 is 0 Å². The Morgan fingerprint density at radius 3 is 2.70 bits per heavy atom. The van der Waals surface area contributed by atoms with Crippen molar-refractivity contribution < 1.29 is 14.0 Å². The van der Waals surface area contributed by atoms with E-state index in [0.29, 0.717) is 24.9 Å². The molecule has 0 bridgehead atoms. The second-order valence-corrected chi connectivity index (χ2v) is 5.19. The van der Waals surface area contributed by atoms with Crippen molar-refractivity contribution in [1.82, 2.24) is 5.16 Å². The van der Waals surface area contributed by atoms with Crippen molar-refractivity contribution in [2.45, 2.75) is 39.9 Å². The van der Waals surface area contributed by atoms with Crippen LogP contribution in [0.4, 0.5) is 0 Å². The van der Waals surface area contributed by atoms with Crippen molar-refractivity contribution >= 4 is 0 Å². The van der Waals surface area contributed by atoms with Gasteiger partial charge in [-0.25, -0.2) is 0 Å². The van der Waals surface area contributed by atoms with Gasteiger partial charge in [0.2, 0.25) is 0 Å². The van der Waals surface area contributed by atoms with Gasteiger partial charge in [0.1, 0.15) is 24.7 Å². The van der Waals surface area contributed by atoms with Crippen molar-refractivity contribution in [3.8, 4) is 5.75 Å². The SMILES string of the molecule is COCc1cc(COc2cc(C(C)C)ccc2C)no1. The fourth-order valence-corrected chi connectivity index (χ4v) is 1.92. The van der Waals surface area contributed by atoms with Crippen LogP contribution in [-0.2, 0) is 18.0 Å². The van der Waals surface area contributed by atoms with Gasteiger partial charge in [-0.3, -0.25) is 0 Å². The molecule has 2 aromatic rings. The van der Waals surface area contributed by atoms with Crippen LogP contribution < -0.4 is 4.74 Å². The predicted molar refractivity (Wildman–Crippen MR) is 76.8 cm³/mol. The van der Waals surface area contributed by atoms with Gasteiger partial charge in [-0.2, -0.15) is 0 Å². The van der Waals surface area contributed by atoms with Gasteiger partial charge in [0, 0.05) is 13.2 Å². The van der Waals surface area contributed by atoms with E-state index in [1.54, 1.807) is 7.11 Å². The molecule has 1 aromatic carbocycles. The van der Waals surface area contributed by atoms with Crippen molar-refractivity contribution in [3.63, 3.8) is 0 Å². The molecule has 0 atom stereocenters. The highest BCUT2D eigenvalue weighted by molar-refractivity contribution is 5.37. The lowest BCUT2D eigenvalue weighted by molar-refractivity contribution is 0.155. The van der Waals surface area contributed by atoms with Gasteiger partial charge in [-0.15, -0.1) is 0 Å². The van der Waals surface area contributed by atoms with Gasteiger partial charge in [0.05, 0.1) is 0 Å². The normalized spacial score (nSPS) is 11.1. The average molecular weight is 275 g/mol. The topological polar surface area (TPSA) is 44.5 Å². The van der Waals surface area contributed by atoms with E-state index in [2.05, 4.69) is 37.2 Å². The summed E-state index contributed by atoms with van der Waals surface area (Å²) < 4.78 is 16.0. The minimum absolute atomic E-state index is 0.398. The lowest BCUT2D eigenvalue weighted by atomic mass is 10.0. The Labute approximate surface area is 119 Å². The molecule has 0 aliphatic heterocycles. The molecule has 4 heteroatoms. The van der Waals surface area contributed by atoms with Crippen molar-refractivity contribution in [2.75, 3.05) is 7.11 Å². The molecule has 0 N–H and O–H groups in total. The Morgan fingerprint density at radius 2 is 2.00 bits per heavy atom. The van der Waals surface area contributed by atoms with E-state index in [4.69, 9.17) is 14.0 Å². The first-order valence-electron chi connectivity index (χ1n) is 6.77. The number of ether oxygens (including phenoxy) is 2. The zero-order valence-corrected chi connectivity index (χ0v) is 12.5. The zero-order chi connectivity index (χ0) is 14.5. The van der Waals surface area contributed by atoms with Crippen LogP contribution >= 0.6 is 0 Å². The predicted octanol–water partition coefficient (Wildman–Crippen LogP) is 3.83. The van der Waals surface area contributed by atoms with Crippen molar-refractivity contribution in [2.24, 2.45) is 0 Å². The van der Waals surface area contributed by atoms with Crippen LogP contribution in [0.3, 0.4) is 0 Å². The van der Waals surface area contributed by atoms with Crippen molar-refractivity contribution in [1.29, 1.82) is 0 Å². The number of benzene rings is 1. The Morgan fingerprint density at radius 1 is 1.20 bits per heavy atom. The summed E-state index contributed by atoms with van der Waals surface area (Å²) >= 11 is 0. The Bertz CT molecular complexity index is 561. The zero-order valence-electron chi connectivity index (χ0n) is 12.5. The van der Waals surface area contributed by atoms with Gasteiger partial charge in [0.25, 0.3) is 0 Å². The standard InChI is InChI=1S/C16H21NO3/c1-11(2)13-6-5-12(3)16(7-13)19-9-14-8-15(10-18-4)20-17-14/h5-8,11H,9-10H2,1-4H3. The minimum Gasteiger partial charge on any atom is -0.487 e. The van der Waals surface area contributed by atoms with Crippen LogP contribution in [0.5, 0.6) is 5.75 Å². The van der Waals surface area contributed by atoms with E-state index >= 15 is 0 Å². The first kappa shape index (κ1) is 14.6. The quantitative estimate of drug-likeness (QED) is 0.803. The van der Waals surface area contributed by atoms with Crippen LogP contribution in [0.2, 0.25) is 0 Å². The molecule has 0 radical (unpaired) electrons. The summed E-state index contributed by atoms with van der Waals surface area (Å²) in [5, 5.41) is 3.96. The summed E-state index contributed by atoms with van der Waals surface area (Å²) in [5.41, 5.74) is 3.16. The van der Waals surface area contributed by atoms with E-state index in [1.165, 1.54) is 5.56 Å². The van der Waals surface area contributed by atoms with Crippen LogP contribution in [0.15, 0.2) is 28.8 Å². The van der Waals surface area contributed by atoms with E-state index in [1.807, 2.05) is 13.0 Å². The molecule has 2 rings (SSSR count). The van der Waals surface area contributed by atoms with Gasteiger partial charge in [0.15, 0.2) is 5.76 Å². The van der Waals surface area contributed by atoms with E-state index in [-0.39, 0.29) is 0 Å². The first-order chi connectivity index (χ1) is 9.60. The summed E-state index contributed by atoms with van der Waals surface area (Å²) in [5.74, 6) is 2.09. The number of hydrogen-bond acceptors (Lipinski definition) is 4. The Hall–Kier alpha value is -1.81. The van der Waals surface area contributed by atoms with Crippen molar-refractivity contribution in [3.05, 3.63) is 46.8 Å². The van der Waals surface area contributed by atoms with Gasteiger partial charge >= 0.3 is 0 Å². The molecule has 4 nitrogen and oxygen atoms in total. The number of aryl methyl sites for hydroxylation is 1. The first-order valence-corrected chi connectivity index (χ1v) is 6.77. The summed E-state index contributed by atoms with van der Waals surface area (Å²) in [4.78, 5) is 0. The number of nitrogens with zero attached hydrogens (tertiary/aromatic N) is 1. The fraction of sp³-hybridized carbons (Fsp3) is 0.438. The molecule has 0 spiro atoms. The molecule has 20 heavy (non-hydrogen) atoms. The second kappa shape index (κ2) is 6.57. The van der Waals surface area contributed by atoms with Gasteiger partial charge in [-0.1, -0.05) is 31.1 Å². The molecule has 1 heterocycles. The molecule has 0 aliphatic carbocycles. The summed E-state index contributed by atoms with van der Waals surface area (Å²) in [6.45, 7) is 7.20. The molecule has 0 unspecified atom stereocenters. The molecule has 0 saturated carbocycles. The van der Waals surface area contributed by atoms with E-state index in [9.17, 15) is 0 Å². The van der Waals surface area contributed by atoms with Crippen LogP contribution in [0.1, 0.15) is 42.3 Å². The smallest absolute Gasteiger partial charge is 0.162 e. The molecule has 108 valence electrons. The summed E-state index contributed by atoms with van der Waals surface area (Å²) in [7, 11) is 1.62. The lowest BCUT2D eigenvalue weighted by Crippen LogP contribution is -1.98. The maximum Gasteiger partial charge on any atom is 0.162 e. The highest BCUT2D eigenvalue weighted by Gasteiger charge is 2.08. The number of rotatable bonds is 6. The fourth-order valence-electron chi connectivity index (χ4n) is 1.92. The van der Waals surface area contributed by atoms with Crippen LogP contribution in [-0.4, -0.2) is 12.3 Å². The van der Waals surface area contributed by atoms with Crippen LogP contribution in [0.25, 0.3) is 0 Å². The highest BCUT2D eigenvalue weighted by Crippen LogP contribution is 2.25. The molecule has 1 aromatic heterocycles. The summed E-state index contributed by atoms with van der Waals surface area (Å²) in [6.07, 6.45) is 0. The molecule has 0 fully saturated rings. The molecular formula is C16H21NO3. The minimum atomic E-state index is 0.398. The number of methoxy groups -OCH3 is 1. The number of aromatic nitrogens is 1. The lowest BCUT2D eigenvalue weighted by Gasteiger charge is -2.11. The van der Waals surface area contributed by atoms with E-state index in [0.717, 1.165) is 17.0 Å². The Kier molecular flexibility index (Phi) is 4.79. The summed E-state index contributed by atoms with van der Waals surface area (Å²) in [6, 6.07) is 8.17. The third-order valence-corrected chi connectivity index (χ3v) is 3.15. The molecule has 0 amide bonds. The monoisotopic (exact) mass is 275 g/mol. The molecule has 0 aliphatic rings. The molecule has 0 saturated heterocycles. The highest BCUT2D eigenvalue weighted by atomic mass is 16.5. The molecular weight excluding hydrogens is 254 g/mol. The third-order valence-electron chi connectivity index (χ3n) is 3.15.